The van der Waals surface area contributed by atoms with Gasteiger partial charge in [0.05, 0.1) is 3.79 Å². The molecule has 1 aromatic heterocycles. The largest absolute Gasteiger partial charge is 0.303 e. The van der Waals surface area contributed by atoms with Crippen LogP contribution in [-0.2, 0) is 6.42 Å². The highest BCUT2D eigenvalue weighted by molar-refractivity contribution is 9.11. The average molecular weight is 364 g/mol. The molecule has 0 aliphatic heterocycles. The highest BCUT2D eigenvalue weighted by Crippen LogP contribution is 2.39. The summed E-state index contributed by atoms with van der Waals surface area (Å²) in [5.74, 6) is 0. The van der Waals surface area contributed by atoms with Crippen LogP contribution in [0.5, 0.6) is 0 Å². The molecule has 0 bridgehead atoms. The molecule has 3 rings (SSSR count). The molecular formula is C18H22BrNS. The molecule has 112 valence electrons. The van der Waals surface area contributed by atoms with Gasteiger partial charge in [-0.3, -0.25) is 0 Å². The fourth-order valence-corrected chi connectivity index (χ4v) is 5.22. The van der Waals surface area contributed by atoms with Gasteiger partial charge in [0.15, 0.2) is 0 Å². The molecule has 0 saturated heterocycles. The van der Waals surface area contributed by atoms with E-state index in [0.717, 1.165) is 0 Å². The fourth-order valence-electron chi connectivity index (χ4n) is 3.40. The lowest BCUT2D eigenvalue weighted by atomic mass is 9.92. The number of benzene rings is 1. The van der Waals surface area contributed by atoms with Gasteiger partial charge in [0.2, 0.25) is 0 Å². The lowest BCUT2D eigenvalue weighted by molar-refractivity contribution is 0.417. The molecule has 1 heterocycles. The van der Waals surface area contributed by atoms with Gasteiger partial charge in [-0.2, -0.15) is 0 Å². The predicted octanol–water partition coefficient (Wildman–Crippen LogP) is 5.86. The van der Waals surface area contributed by atoms with E-state index in [-0.39, 0.29) is 0 Å². The standard InChI is InChI=1S/C18H22BrNS/c1-11-7-8-14(12(2)9-11)13(3)20-16-5-4-6-17-15(16)10-18(19)21-17/h7-10,13,16,20H,4-6H2,1-3H3. The van der Waals surface area contributed by atoms with Crippen molar-refractivity contribution in [2.45, 2.75) is 52.1 Å². The van der Waals surface area contributed by atoms with Crippen LogP contribution in [0, 0.1) is 13.8 Å². The molecule has 21 heavy (non-hydrogen) atoms. The average Bonchev–Trinajstić information content (AvgIpc) is 2.80. The Kier molecular flexibility index (Phi) is 4.53. The second kappa shape index (κ2) is 6.23. The Morgan fingerprint density at radius 2 is 2.10 bits per heavy atom. The summed E-state index contributed by atoms with van der Waals surface area (Å²) in [7, 11) is 0. The number of aryl methyl sites for hydroxylation is 3. The molecule has 3 heteroatoms. The third-order valence-corrected chi connectivity index (χ3v) is 6.14. The van der Waals surface area contributed by atoms with Crippen molar-refractivity contribution in [1.29, 1.82) is 0 Å². The Balaban J connectivity index is 1.80. The quantitative estimate of drug-likeness (QED) is 0.720. The molecule has 1 N–H and O–H groups in total. The predicted molar refractivity (Wildman–Crippen MR) is 95.2 cm³/mol. The topological polar surface area (TPSA) is 12.0 Å². The van der Waals surface area contributed by atoms with E-state index in [0.29, 0.717) is 12.1 Å². The van der Waals surface area contributed by atoms with Crippen molar-refractivity contribution in [3.63, 3.8) is 0 Å². The number of nitrogens with one attached hydrogen (secondary N) is 1. The number of hydrogen-bond acceptors (Lipinski definition) is 2. The molecule has 1 aliphatic rings. The van der Waals surface area contributed by atoms with Crippen molar-refractivity contribution < 1.29 is 0 Å². The summed E-state index contributed by atoms with van der Waals surface area (Å²) < 4.78 is 1.26. The van der Waals surface area contributed by atoms with E-state index in [1.165, 1.54) is 45.3 Å². The zero-order chi connectivity index (χ0) is 15.0. The Morgan fingerprint density at radius 3 is 2.86 bits per heavy atom. The second-order valence-electron chi connectivity index (χ2n) is 6.12. The Morgan fingerprint density at radius 1 is 1.29 bits per heavy atom. The van der Waals surface area contributed by atoms with Gasteiger partial charge in [-0.25, -0.2) is 0 Å². The van der Waals surface area contributed by atoms with Crippen molar-refractivity contribution in [3.05, 3.63) is 55.2 Å². The molecule has 1 aromatic carbocycles. The molecule has 0 amide bonds. The first kappa shape index (κ1) is 15.3. The van der Waals surface area contributed by atoms with E-state index in [2.05, 4.69) is 66.3 Å². The first-order valence-electron chi connectivity index (χ1n) is 7.66. The number of thiophene rings is 1. The smallest absolute Gasteiger partial charge is 0.0704 e. The van der Waals surface area contributed by atoms with Gasteiger partial charge in [0.1, 0.15) is 0 Å². The summed E-state index contributed by atoms with van der Waals surface area (Å²) in [4.78, 5) is 1.55. The number of fused-ring (bicyclic) bond motifs is 1. The molecule has 0 saturated carbocycles. The van der Waals surface area contributed by atoms with E-state index >= 15 is 0 Å². The highest BCUT2D eigenvalue weighted by atomic mass is 79.9. The lowest BCUT2D eigenvalue weighted by Gasteiger charge is -2.28. The Bertz CT molecular complexity index is 647. The van der Waals surface area contributed by atoms with Crippen LogP contribution >= 0.6 is 27.3 Å². The van der Waals surface area contributed by atoms with Crippen molar-refractivity contribution in [2.24, 2.45) is 0 Å². The maximum absolute atomic E-state index is 3.85. The molecule has 2 aromatic rings. The van der Waals surface area contributed by atoms with Crippen LogP contribution in [0.15, 0.2) is 28.1 Å². The zero-order valence-corrected chi connectivity index (χ0v) is 15.3. The molecule has 2 unspecified atom stereocenters. The number of hydrogen-bond donors (Lipinski definition) is 1. The lowest BCUT2D eigenvalue weighted by Crippen LogP contribution is -2.27. The van der Waals surface area contributed by atoms with Gasteiger partial charge in [-0.15, -0.1) is 11.3 Å². The molecule has 0 radical (unpaired) electrons. The zero-order valence-electron chi connectivity index (χ0n) is 12.9. The third-order valence-electron chi connectivity index (χ3n) is 4.43. The number of rotatable bonds is 3. The van der Waals surface area contributed by atoms with Gasteiger partial charge in [-0.05, 0) is 78.7 Å². The summed E-state index contributed by atoms with van der Waals surface area (Å²) in [6.07, 6.45) is 3.77. The van der Waals surface area contributed by atoms with Crippen LogP contribution in [0.2, 0.25) is 0 Å². The van der Waals surface area contributed by atoms with E-state index in [9.17, 15) is 0 Å². The minimum atomic E-state index is 0.389. The Labute approximate surface area is 139 Å². The summed E-state index contributed by atoms with van der Waals surface area (Å²) in [6.45, 7) is 6.66. The van der Waals surface area contributed by atoms with Crippen LogP contribution in [-0.4, -0.2) is 0 Å². The van der Waals surface area contributed by atoms with E-state index in [1.807, 2.05) is 11.3 Å². The maximum atomic E-state index is 3.85. The van der Waals surface area contributed by atoms with Crippen LogP contribution in [0.3, 0.4) is 0 Å². The second-order valence-corrected chi connectivity index (χ2v) is 8.64. The van der Waals surface area contributed by atoms with E-state index < -0.39 is 0 Å². The monoisotopic (exact) mass is 363 g/mol. The number of halogens is 1. The molecule has 1 nitrogen and oxygen atoms in total. The molecule has 0 spiro atoms. The van der Waals surface area contributed by atoms with Crippen LogP contribution in [0.25, 0.3) is 0 Å². The van der Waals surface area contributed by atoms with Gasteiger partial charge in [-0.1, -0.05) is 23.8 Å². The van der Waals surface area contributed by atoms with Gasteiger partial charge < -0.3 is 5.32 Å². The van der Waals surface area contributed by atoms with Crippen molar-refractivity contribution in [2.75, 3.05) is 0 Å². The molecule has 0 fully saturated rings. The summed E-state index contributed by atoms with van der Waals surface area (Å²) in [5.41, 5.74) is 5.65. The minimum Gasteiger partial charge on any atom is -0.303 e. The van der Waals surface area contributed by atoms with Crippen molar-refractivity contribution in [1.82, 2.24) is 5.32 Å². The van der Waals surface area contributed by atoms with Crippen molar-refractivity contribution >= 4 is 27.3 Å². The highest BCUT2D eigenvalue weighted by Gasteiger charge is 2.24. The maximum Gasteiger partial charge on any atom is 0.0704 e. The summed E-state index contributed by atoms with van der Waals surface area (Å²) in [6, 6.07) is 9.96. The van der Waals surface area contributed by atoms with Gasteiger partial charge in [0.25, 0.3) is 0 Å². The molecule has 1 aliphatic carbocycles. The SMILES string of the molecule is Cc1ccc(C(C)NC2CCCc3sc(Br)cc32)c(C)c1. The summed E-state index contributed by atoms with van der Waals surface area (Å²) >= 11 is 5.54. The normalized spacial score (nSPS) is 19.3. The van der Waals surface area contributed by atoms with Gasteiger partial charge >= 0.3 is 0 Å². The summed E-state index contributed by atoms with van der Waals surface area (Å²) in [5, 5.41) is 3.85. The van der Waals surface area contributed by atoms with E-state index in [1.54, 1.807) is 4.88 Å². The fraction of sp³-hybridized carbons (Fsp3) is 0.444. The van der Waals surface area contributed by atoms with E-state index in [4.69, 9.17) is 0 Å². The van der Waals surface area contributed by atoms with Gasteiger partial charge in [0, 0.05) is 17.0 Å². The van der Waals surface area contributed by atoms with Crippen LogP contribution in [0.4, 0.5) is 0 Å². The minimum absolute atomic E-state index is 0.389. The van der Waals surface area contributed by atoms with Crippen LogP contribution in [0.1, 0.15) is 59.0 Å². The Hall–Kier alpha value is -0.640. The van der Waals surface area contributed by atoms with Crippen molar-refractivity contribution in [3.8, 4) is 0 Å². The first-order valence-corrected chi connectivity index (χ1v) is 9.27. The molecule has 2 atom stereocenters. The third kappa shape index (κ3) is 3.25. The first-order chi connectivity index (χ1) is 10.0. The molecular weight excluding hydrogens is 342 g/mol. The van der Waals surface area contributed by atoms with Crippen LogP contribution < -0.4 is 5.32 Å².